The van der Waals surface area contributed by atoms with Crippen molar-refractivity contribution in [3.8, 4) is 0 Å². The molecule has 3 rings (SSSR count). The zero-order valence-corrected chi connectivity index (χ0v) is 12.0. The number of fused-ring (bicyclic) bond motifs is 1. The number of pyridine rings is 1. The lowest BCUT2D eigenvalue weighted by atomic mass is 9.99. The molecule has 1 aromatic carbocycles. The monoisotopic (exact) mass is 282 g/mol. The van der Waals surface area contributed by atoms with Crippen LogP contribution in [0.25, 0.3) is 0 Å². The van der Waals surface area contributed by atoms with Gasteiger partial charge in [0, 0.05) is 30.0 Å². The Balaban J connectivity index is 1.94. The maximum Gasteiger partial charge on any atom is 0.248 e. The van der Waals surface area contributed by atoms with Crippen LogP contribution >= 0.6 is 0 Å². The minimum Gasteiger partial charge on any atom is -0.399 e. The summed E-state index contributed by atoms with van der Waals surface area (Å²) in [6.07, 6.45) is 0.942. The summed E-state index contributed by atoms with van der Waals surface area (Å²) >= 11 is 0. The predicted octanol–water partition coefficient (Wildman–Crippen LogP) is 1.63. The van der Waals surface area contributed by atoms with Gasteiger partial charge < -0.3 is 16.4 Å². The lowest BCUT2D eigenvalue weighted by Gasteiger charge is -2.30. The summed E-state index contributed by atoms with van der Waals surface area (Å²) in [4.78, 5) is 18.1. The number of hydrogen-bond donors (Lipinski definition) is 2. The Morgan fingerprint density at radius 1 is 1.24 bits per heavy atom. The molecule has 1 aliphatic heterocycles. The maximum atomic E-state index is 11.4. The topological polar surface area (TPSA) is 85.2 Å². The number of nitrogens with zero attached hydrogens (tertiary/aromatic N) is 2. The second kappa shape index (κ2) is 5.09. The first-order valence-electron chi connectivity index (χ1n) is 6.93. The number of aromatic nitrogens is 1. The molecule has 21 heavy (non-hydrogen) atoms. The fraction of sp³-hybridized carbons (Fsp3) is 0.250. The molecule has 5 nitrogen and oxygen atoms in total. The van der Waals surface area contributed by atoms with Crippen molar-refractivity contribution >= 4 is 17.4 Å². The van der Waals surface area contributed by atoms with Crippen molar-refractivity contribution in [2.45, 2.75) is 19.9 Å². The second-order valence-corrected chi connectivity index (χ2v) is 5.42. The number of anilines is 2. The molecule has 1 amide bonds. The van der Waals surface area contributed by atoms with Gasteiger partial charge in [0.25, 0.3) is 0 Å². The smallest absolute Gasteiger partial charge is 0.248 e. The number of aryl methyl sites for hydroxylation is 1. The molecule has 1 aliphatic rings. The summed E-state index contributed by atoms with van der Waals surface area (Å²) in [7, 11) is 0. The SMILES string of the molecule is Cc1cc(C(N)=O)cc(N2CCc3ccc(N)cc3C2)n1. The Morgan fingerprint density at radius 3 is 2.81 bits per heavy atom. The van der Waals surface area contributed by atoms with Gasteiger partial charge in [0.05, 0.1) is 0 Å². The summed E-state index contributed by atoms with van der Waals surface area (Å²) in [6, 6.07) is 9.49. The van der Waals surface area contributed by atoms with Gasteiger partial charge in [0.2, 0.25) is 5.91 Å². The van der Waals surface area contributed by atoms with E-state index in [-0.39, 0.29) is 0 Å². The summed E-state index contributed by atoms with van der Waals surface area (Å²) < 4.78 is 0. The van der Waals surface area contributed by atoms with Gasteiger partial charge in [0.15, 0.2) is 0 Å². The highest BCUT2D eigenvalue weighted by Crippen LogP contribution is 2.25. The van der Waals surface area contributed by atoms with Gasteiger partial charge in [0.1, 0.15) is 5.82 Å². The number of nitrogen functional groups attached to an aromatic ring is 1. The van der Waals surface area contributed by atoms with Gasteiger partial charge in [-0.05, 0) is 48.7 Å². The largest absolute Gasteiger partial charge is 0.399 e. The van der Waals surface area contributed by atoms with Gasteiger partial charge in [-0.2, -0.15) is 0 Å². The third-order valence-corrected chi connectivity index (χ3v) is 3.79. The van der Waals surface area contributed by atoms with Crippen molar-refractivity contribution in [3.63, 3.8) is 0 Å². The van der Waals surface area contributed by atoms with E-state index in [1.54, 1.807) is 12.1 Å². The van der Waals surface area contributed by atoms with E-state index in [1.165, 1.54) is 11.1 Å². The van der Waals surface area contributed by atoms with Crippen LogP contribution in [0.2, 0.25) is 0 Å². The number of nitrogens with two attached hydrogens (primary N) is 2. The van der Waals surface area contributed by atoms with Crippen LogP contribution in [-0.4, -0.2) is 17.4 Å². The van der Waals surface area contributed by atoms with E-state index in [0.29, 0.717) is 5.56 Å². The molecule has 0 saturated carbocycles. The number of carbonyl (C=O) groups excluding carboxylic acids is 1. The molecule has 4 N–H and O–H groups in total. The highest BCUT2D eigenvalue weighted by Gasteiger charge is 2.18. The Kier molecular flexibility index (Phi) is 3.25. The van der Waals surface area contributed by atoms with E-state index >= 15 is 0 Å². The summed E-state index contributed by atoms with van der Waals surface area (Å²) in [5, 5.41) is 0. The Labute approximate surface area is 123 Å². The highest BCUT2D eigenvalue weighted by molar-refractivity contribution is 5.93. The summed E-state index contributed by atoms with van der Waals surface area (Å²) in [5.74, 6) is 0.361. The van der Waals surface area contributed by atoms with E-state index in [0.717, 1.165) is 36.7 Å². The number of hydrogen-bond acceptors (Lipinski definition) is 4. The van der Waals surface area contributed by atoms with Crippen molar-refractivity contribution in [1.29, 1.82) is 0 Å². The molecule has 0 bridgehead atoms. The number of rotatable bonds is 2. The van der Waals surface area contributed by atoms with Crippen LogP contribution in [0.5, 0.6) is 0 Å². The molecule has 108 valence electrons. The molecule has 5 heteroatoms. The predicted molar refractivity (Wildman–Crippen MR) is 83.1 cm³/mol. The first kappa shape index (κ1) is 13.4. The van der Waals surface area contributed by atoms with Gasteiger partial charge >= 0.3 is 0 Å². The van der Waals surface area contributed by atoms with Gasteiger partial charge in [-0.25, -0.2) is 4.98 Å². The molecule has 1 aromatic heterocycles. The number of benzene rings is 1. The molecule has 0 spiro atoms. The molecule has 0 radical (unpaired) electrons. The molecular formula is C16H18N4O. The molecule has 0 atom stereocenters. The summed E-state index contributed by atoms with van der Waals surface area (Å²) in [6.45, 7) is 3.48. The quantitative estimate of drug-likeness (QED) is 0.820. The van der Waals surface area contributed by atoms with Crippen LogP contribution in [-0.2, 0) is 13.0 Å². The number of carbonyl (C=O) groups is 1. The Bertz CT molecular complexity index is 711. The number of amides is 1. The lowest BCUT2D eigenvalue weighted by molar-refractivity contribution is 0.1000. The first-order chi connectivity index (χ1) is 10.0. The second-order valence-electron chi connectivity index (χ2n) is 5.42. The maximum absolute atomic E-state index is 11.4. The molecule has 0 aliphatic carbocycles. The van der Waals surface area contributed by atoms with Gasteiger partial charge in [-0.15, -0.1) is 0 Å². The van der Waals surface area contributed by atoms with Crippen LogP contribution in [0, 0.1) is 6.92 Å². The van der Waals surface area contributed by atoms with E-state index < -0.39 is 5.91 Å². The van der Waals surface area contributed by atoms with Crippen LogP contribution in [0.15, 0.2) is 30.3 Å². The van der Waals surface area contributed by atoms with Crippen molar-refractivity contribution < 1.29 is 4.79 Å². The molecule has 0 saturated heterocycles. The third-order valence-electron chi connectivity index (χ3n) is 3.79. The van der Waals surface area contributed by atoms with E-state index in [1.807, 2.05) is 19.1 Å². The normalized spacial score (nSPS) is 13.9. The molecule has 0 unspecified atom stereocenters. The zero-order chi connectivity index (χ0) is 15.0. The fourth-order valence-electron chi connectivity index (χ4n) is 2.73. The van der Waals surface area contributed by atoms with Crippen LogP contribution in [0.1, 0.15) is 27.2 Å². The van der Waals surface area contributed by atoms with Crippen LogP contribution in [0.3, 0.4) is 0 Å². The minimum atomic E-state index is -0.427. The van der Waals surface area contributed by atoms with E-state index in [4.69, 9.17) is 11.5 Å². The molecule has 2 aromatic rings. The first-order valence-corrected chi connectivity index (χ1v) is 6.93. The number of primary amides is 1. The Morgan fingerprint density at radius 2 is 2.05 bits per heavy atom. The zero-order valence-electron chi connectivity index (χ0n) is 12.0. The summed E-state index contributed by atoms with van der Waals surface area (Å²) in [5.41, 5.74) is 15.8. The van der Waals surface area contributed by atoms with E-state index in [2.05, 4.69) is 16.0 Å². The van der Waals surface area contributed by atoms with Crippen molar-refractivity contribution in [2.75, 3.05) is 17.2 Å². The Hall–Kier alpha value is -2.56. The average molecular weight is 282 g/mol. The average Bonchev–Trinajstić information content (AvgIpc) is 2.45. The lowest BCUT2D eigenvalue weighted by Crippen LogP contribution is -2.31. The van der Waals surface area contributed by atoms with Crippen molar-refractivity contribution in [2.24, 2.45) is 5.73 Å². The van der Waals surface area contributed by atoms with Crippen LogP contribution < -0.4 is 16.4 Å². The van der Waals surface area contributed by atoms with Crippen molar-refractivity contribution in [3.05, 3.63) is 52.7 Å². The van der Waals surface area contributed by atoms with Gasteiger partial charge in [-0.3, -0.25) is 4.79 Å². The fourth-order valence-corrected chi connectivity index (χ4v) is 2.73. The molecular weight excluding hydrogens is 264 g/mol. The third kappa shape index (κ3) is 2.67. The molecule has 0 fully saturated rings. The standard InChI is InChI=1S/C16H18N4O/c1-10-6-12(16(18)21)8-15(19-10)20-5-4-11-2-3-14(17)7-13(11)9-20/h2-3,6-8H,4-5,9,17H2,1H3,(H2,18,21). The molecule has 2 heterocycles. The van der Waals surface area contributed by atoms with E-state index in [9.17, 15) is 4.79 Å². The van der Waals surface area contributed by atoms with Gasteiger partial charge in [-0.1, -0.05) is 6.07 Å². The minimum absolute atomic E-state index is 0.427. The highest BCUT2D eigenvalue weighted by atomic mass is 16.1. The van der Waals surface area contributed by atoms with Crippen molar-refractivity contribution in [1.82, 2.24) is 4.98 Å². The van der Waals surface area contributed by atoms with Crippen LogP contribution in [0.4, 0.5) is 11.5 Å².